The van der Waals surface area contributed by atoms with E-state index in [0.29, 0.717) is 18.5 Å². The van der Waals surface area contributed by atoms with Crippen LogP contribution in [0.5, 0.6) is 5.75 Å². The molecule has 0 saturated carbocycles. The molecule has 2 bridgehead atoms. The van der Waals surface area contributed by atoms with Crippen molar-refractivity contribution in [1.29, 1.82) is 0 Å². The number of carbonyl (C=O) groups excluding carboxylic acids is 1. The maximum Gasteiger partial charge on any atom is 0.228 e. The lowest BCUT2D eigenvalue weighted by atomic mass is 9.93. The Kier molecular flexibility index (Phi) is 2.78. The van der Waals surface area contributed by atoms with Gasteiger partial charge in [0.25, 0.3) is 0 Å². The van der Waals surface area contributed by atoms with Crippen LogP contribution in [0.25, 0.3) is 0 Å². The molecule has 1 aromatic rings. The van der Waals surface area contributed by atoms with Crippen molar-refractivity contribution in [3.63, 3.8) is 0 Å². The fourth-order valence-corrected chi connectivity index (χ4v) is 2.95. The quantitative estimate of drug-likeness (QED) is 0.731. The Morgan fingerprint density at radius 2 is 2.05 bits per heavy atom. The highest BCUT2D eigenvalue weighted by molar-refractivity contribution is 5.82. The monoisotopic (exact) mass is 281 g/mol. The molecule has 5 heteroatoms. The summed E-state index contributed by atoms with van der Waals surface area (Å²) in [6, 6.07) is 1.80. The normalized spacial score (nSPS) is 24.4. The number of amides is 1. The molecule has 2 atom stereocenters. The lowest BCUT2D eigenvalue weighted by Gasteiger charge is -2.31. The first-order valence-corrected chi connectivity index (χ1v) is 6.74. The molecule has 3 nitrogen and oxygen atoms in total. The summed E-state index contributed by atoms with van der Waals surface area (Å²) < 4.78 is 32.8. The van der Waals surface area contributed by atoms with Crippen LogP contribution in [-0.2, 0) is 4.79 Å². The number of carbonyl (C=O) groups is 1. The second-order valence-electron chi connectivity index (χ2n) is 6.50. The van der Waals surface area contributed by atoms with E-state index in [4.69, 9.17) is 4.74 Å². The van der Waals surface area contributed by atoms with Gasteiger partial charge in [-0.05, 0) is 6.07 Å². The summed E-state index contributed by atoms with van der Waals surface area (Å²) in [6.45, 7) is 5.94. The molecular weight excluding hydrogens is 264 g/mol. The number of halogens is 2. The Balaban J connectivity index is 2.03. The van der Waals surface area contributed by atoms with Gasteiger partial charge in [-0.25, -0.2) is 8.78 Å². The van der Waals surface area contributed by atoms with Crippen LogP contribution in [0.15, 0.2) is 12.1 Å². The highest BCUT2D eigenvalue weighted by Gasteiger charge is 2.45. The molecule has 0 aliphatic carbocycles. The van der Waals surface area contributed by atoms with Crippen LogP contribution in [0.4, 0.5) is 8.78 Å². The van der Waals surface area contributed by atoms with Gasteiger partial charge in [-0.1, -0.05) is 20.8 Å². The number of fused-ring (bicyclic) bond motifs is 4. The molecule has 0 spiro atoms. The van der Waals surface area contributed by atoms with E-state index < -0.39 is 17.0 Å². The molecule has 1 saturated heterocycles. The van der Waals surface area contributed by atoms with Gasteiger partial charge in [0.2, 0.25) is 5.91 Å². The van der Waals surface area contributed by atoms with Gasteiger partial charge in [0.1, 0.15) is 11.9 Å². The highest BCUT2D eigenvalue weighted by Crippen LogP contribution is 2.46. The Morgan fingerprint density at radius 1 is 1.35 bits per heavy atom. The minimum atomic E-state index is -0.695. The third kappa shape index (κ3) is 1.96. The number of hydrogen-bond acceptors (Lipinski definition) is 2. The van der Waals surface area contributed by atoms with Crippen LogP contribution in [0.1, 0.15) is 38.8 Å². The molecule has 1 amide bonds. The van der Waals surface area contributed by atoms with Crippen molar-refractivity contribution in [3.05, 3.63) is 29.3 Å². The topological polar surface area (TPSA) is 29.5 Å². The van der Waals surface area contributed by atoms with Crippen LogP contribution in [0.2, 0.25) is 0 Å². The molecule has 108 valence electrons. The van der Waals surface area contributed by atoms with Gasteiger partial charge in [0.05, 0.1) is 12.6 Å². The first-order valence-electron chi connectivity index (χ1n) is 6.74. The predicted molar refractivity (Wildman–Crippen MR) is 69.3 cm³/mol. The lowest BCUT2D eigenvalue weighted by molar-refractivity contribution is -0.140. The SMILES string of the molecule is CC(C)(C)C(=O)N1C[C@@H]2C[C@H]1c1cc(F)cc(F)c1O2. The zero-order valence-corrected chi connectivity index (χ0v) is 11.7. The maximum atomic E-state index is 13.8. The van der Waals surface area contributed by atoms with Gasteiger partial charge in [0, 0.05) is 23.5 Å². The van der Waals surface area contributed by atoms with Crippen LogP contribution in [-0.4, -0.2) is 23.5 Å². The van der Waals surface area contributed by atoms with E-state index in [-0.39, 0.29) is 23.8 Å². The Morgan fingerprint density at radius 3 is 2.70 bits per heavy atom. The first-order chi connectivity index (χ1) is 9.27. The van der Waals surface area contributed by atoms with E-state index in [9.17, 15) is 13.6 Å². The van der Waals surface area contributed by atoms with Crippen molar-refractivity contribution in [2.75, 3.05) is 6.54 Å². The minimum Gasteiger partial charge on any atom is -0.485 e. The predicted octanol–water partition coefficient (Wildman–Crippen LogP) is 3.05. The molecule has 0 N–H and O–H groups in total. The number of nitrogens with zero attached hydrogens (tertiary/aromatic N) is 1. The van der Waals surface area contributed by atoms with Gasteiger partial charge in [0.15, 0.2) is 11.6 Å². The van der Waals surface area contributed by atoms with E-state index in [0.717, 1.165) is 6.07 Å². The fourth-order valence-electron chi connectivity index (χ4n) is 2.95. The molecule has 1 fully saturated rings. The van der Waals surface area contributed by atoms with Crippen LogP contribution in [0, 0.1) is 17.0 Å². The summed E-state index contributed by atoms with van der Waals surface area (Å²) in [5.41, 5.74) is -0.0855. The molecule has 3 rings (SSSR count). The Bertz CT molecular complexity index is 580. The third-order valence-corrected chi connectivity index (χ3v) is 3.85. The van der Waals surface area contributed by atoms with Crippen molar-refractivity contribution in [2.45, 2.75) is 39.3 Å². The number of ether oxygens (including phenoxy) is 1. The molecule has 0 radical (unpaired) electrons. The molecule has 2 aliphatic heterocycles. The van der Waals surface area contributed by atoms with Crippen molar-refractivity contribution in [1.82, 2.24) is 4.90 Å². The van der Waals surface area contributed by atoms with Gasteiger partial charge in [-0.3, -0.25) is 4.79 Å². The minimum absolute atomic E-state index is 0.0221. The highest BCUT2D eigenvalue weighted by atomic mass is 19.1. The van der Waals surface area contributed by atoms with E-state index >= 15 is 0 Å². The van der Waals surface area contributed by atoms with E-state index in [1.54, 1.807) is 4.90 Å². The molecule has 0 aromatic heterocycles. The Labute approximate surface area is 116 Å². The van der Waals surface area contributed by atoms with Crippen molar-refractivity contribution in [2.24, 2.45) is 5.41 Å². The zero-order chi connectivity index (χ0) is 14.7. The Hall–Kier alpha value is -1.65. The summed E-state index contributed by atoms with van der Waals surface area (Å²) in [6.07, 6.45) is 0.385. The maximum absolute atomic E-state index is 13.8. The molecule has 2 heterocycles. The number of likely N-dealkylation sites (tertiary alicyclic amines) is 1. The average molecular weight is 281 g/mol. The smallest absolute Gasteiger partial charge is 0.228 e. The van der Waals surface area contributed by atoms with Crippen molar-refractivity contribution < 1.29 is 18.3 Å². The van der Waals surface area contributed by atoms with Gasteiger partial charge < -0.3 is 9.64 Å². The van der Waals surface area contributed by atoms with Crippen LogP contribution in [0.3, 0.4) is 0 Å². The van der Waals surface area contributed by atoms with Crippen molar-refractivity contribution >= 4 is 5.91 Å². The molecule has 1 aromatic carbocycles. The second kappa shape index (κ2) is 4.17. The summed E-state index contributed by atoms with van der Waals surface area (Å²) in [4.78, 5) is 14.2. The van der Waals surface area contributed by atoms with Crippen LogP contribution >= 0.6 is 0 Å². The van der Waals surface area contributed by atoms with Gasteiger partial charge in [-0.2, -0.15) is 0 Å². The third-order valence-electron chi connectivity index (χ3n) is 3.85. The fraction of sp³-hybridized carbons (Fsp3) is 0.533. The van der Waals surface area contributed by atoms with E-state index in [1.807, 2.05) is 20.8 Å². The summed E-state index contributed by atoms with van der Waals surface area (Å²) in [7, 11) is 0. The zero-order valence-electron chi connectivity index (χ0n) is 11.7. The molecule has 2 aliphatic rings. The van der Waals surface area contributed by atoms with Crippen LogP contribution < -0.4 is 4.74 Å². The van der Waals surface area contributed by atoms with E-state index in [2.05, 4.69) is 0 Å². The second-order valence-corrected chi connectivity index (χ2v) is 6.50. The van der Waals surface area contributed by atoms with Crippen molar-refractivity contribution in [3.8, 4) is 5.75 Å². The molecular formula is C15H17F2NO2. The average Bonchev–Trinajstić information content (AvgIpc) is 2.67. The van der Waals surface area contributed by atoms with E-state index in [1.165, 1.54) is 6.07 Å². The largest absolute Gasteiger partial charge is 0.485 e. The lowest BCUT2D eigenvalue weighted by Crippen LogP contribution is -2.39. The molecule has 0 unspecified atom stereocenters. The van der Waals surface area contributed by atoms with Gasteiger partial charge in [-0.15, -0.1) is 0 Å². The summed E-state index contributed by atoms with van der Waals surface area (Å²) in [5.74, 6) is -1.26. The number of hydrogen-bond donors (Lipinski definition) is 0. The standard InChI is InChI=1S/C15H17F2NO2/c1-15(2,3)14(19)18-7-9-6-12(18)10-4-8(16)5-11(17)13(10)20-9/h4-5,9,12H,6-7H2,1-3H3/t9-,12-/m0/s1. The number of benzene rings is 1. The summed E-state index contributed by atoms with van der Waals surface area (Å²) in [5, 5.41) is 0. The summed E-state index contributed by atoms with van der Waals surface area (Å²) >= 11 is 0. The number of rotatable bonds is 0. The van der Waals surface area contributed by atoms with Gasteiger partial charge >= 0.3 is 0 Å². The first kappa shape index (κ1) is 13.3. The molecule has 20 heavy (non-hydrogen) atoms.